The zero-order valence-electron chi connectivity index (χ0n) is 25.9. The van der Waals surface area contributed by atoms with Gasteiger partial charge in [0.15, 0.2) is 6.20 Å². The van der Waals surface area contributed by atoms with E-state index in [0.29, 0.717) is 0 Å². The van der Waals surface area contributed by atoms with E-state index in [4.69, 9.17) is 0 Å². The van der Waals surface area contributed by atoms with Crippen molar-refractivity contribution in [3.8, 4) is 33.5 Å². The lowest BCUT2D eigenvalue weighted by Crippen LogP contribution is -2.40. The van der Waals surface area contributed by atoms with E-state index in [9.17, 15) is 0 Å². The topological polar surface area (TPSA) is 3.88 Å². The molecule has 4 aromatic carbocycles. The minimum atomic E-state index is 0.170. The zero-order chi connectivity index (χ0) is 29.2. The second kappa shape index (κ2) is 10.1. The van der Waals surface area contributed by atoms with Crippen LogP contribution in [-0.4, -0.2) is 0 Å². The van der Waals surface area contributed by atoms with E-state index in [0.717, 1.165) is 0 Å². The van der Waals surface area contributed by atoms with E-state index in [2.05, 4.69) is 129 Å². The summed E-state index contributed by atoms with van der Waals surface area (Å²) in [6.45, 7) is 4.54. The maximum absolute atomic E-state index is 2.62. The van der Waals surface area contributed by atoms with E-state index in [1.807, 2.05) is 0 Å². The van der Waals surface area contributed by atoms with Crippen LogP contribution in [0.4, 0.5) is 0 Å². The van der Waals surface area contributed by atoms with E-state index in [1.54, 1.807) is 22.3 Å². The van der Waals surface area contributed by atoms with Crippen LogP contribution in [0.25, 0.3) is 33.5 Å². The Morgan fingerprint density at radius 1 is 0.488 bits per heavy atom. The maximum Gasteiger partial charge on any atom is 0.212 e. The number of aromatic nitrogens is 1. The van der Waals surface area contributed by atoms with Crippen LogP contribution >= 0.6 is 0 Å². The van der Waals surface area contributed by atoms with Crippen LogP contribution in [0, 0.1) is 13.8 Å². The molecule has 0 N–H and O–H groups in total. The van der Waals surface area contributed by atoms with Crippen LogP contribution in [0.2, 0.25) is 0 Å². The smallest absolute Gasteiger partial charge is 0.200 e. The molecule has 0 atom stereocenters. The first-order valence-electron chi connectivity index (χ1n) is 16.4. The van der Waals surface area contributed by atoms with Gasteiger partial charge in [-0.3, -0.25) is 0 Å². The third kappa shape index (κ3) is 4.00. The molecule has 43 heavy (non-hydrogen) atoms. The summed E-state index contributed by atoms with van der Waals surface area (Å²) in [5.74, 6) is 0. The zero-order valence-corrected chi connectivity index (χ0v) is 25.9. The Morgan fingerprint density at radius 3 is 1.70 bits per heavy atom. The SMILES string of the molecule is Cc1cc(-c2ccc(-c3ccccc3)cc2C)[n+](C)cc1-c1ccc2c(c1)C1(CCCC1)c1ccccc1C21CCCC1. The number of aryl methyl sites for hydroxylation is 3. The Bertz CT molecular complexity index is 1850. The molecule has 1 aromatic heterocycles. The van der Waals surface area contributed by atoms with Crippen molar-refractivity contribution < 1.29 is 4.57 Å². The second-order valence-electron chi connectivity index (χ2n) is 13.6. The van der Waals surface area contributed by atoms with Gasteiger partial charge in [0.05, 0.1) is 0 Å². The van der Waals surface area contributed by atoms with Crippen molar-refractivity contribution in [2.45, 2.75) is 76.0 Å². The molecule has 1 nitrogen and oxygen atoms in total. The molecular weight excluding hydrogens is 518 g/mol. The van der Waals surface area contributed by atoms with E-state index >= 15 is 0 Å². The molecular formula is C42H42N+. The van der Waals surface area contributed by atoms with Crippen LogP contribution in [0.3, 0.4) is 0 Å². The summed E-state index contributed by atoms with van der Waals surface area (Å²) in [4.78, 5) is 0. The lowest BCUT2D eigenvalue weighted by Gasteiger charge is -2.47. The van der Waals surface area contributed by atoms with Crippen LogP contribution < -0.4 is 4.57 Å². The number of rotatable bonds is 3. The highest BCUT2D eigenvalue weighted by atomic mass is 14.9. The normalized spacial score (nSPS) is 17.7. The van der Waals surface area contributed by atoms with Crippen molar-refractivity contribution in [3.63, 3.8) is 0 Å². The first-order chi connectivity index (χ1) is 21.0. The van der Waals surface area contributed by atoms with Crippen LogP contribution in [0.5, 0.6) is 0 Å². The molecule has 0 amide bonds. The molecule has 0 aliphatic heterocycles. The van der Waals surface area contributed by atoms with Gasteiger partial charge in [-0.2, -0.15) is 0 Å². The number of nitrogens with zero attached hydrogens (tertiary/aromatic N) is 1. The van der Waals surface area contributed by atoms with Gasteiger partial charge in [-0.25, -0.2) is 4.57 Å². The molecule has 2 spiro atoms. The molecule has 5 aromatic rings. The first kappa shape index (κ1) is 26.6. The van der Waals surface area contributed by atoms with Gasteiger partial charge in [-0.15, -0.1) is 0 Å². The number of hydrogen-bond acceptors (Lipinski definition) is 0. The summed E-state index contributed by atoms with van der Waals surface area (Å²) >= 11 is 0. The molecule has 3 aliphatic carbocycles. The lowest BCUT2D eigenvalue weighted by molar-refractivity contribution is -0.660. The number of fused-ring (bicyclic) bond motifs is 6. The second-order valence-corrected chi connectivity index (χ2v) is 13.6. The fourth-order valence-corrected chi connectivity index (χ4v) is 9.25. The van der Waals surface area contributed by atoms with Gasteiger partial charge in [0.1, 0.15) is 7.05 Å². The van der Waals surface area contributed by atoms with Gasteiger partial charge in [0.25, 0.3) is 0 Å². The highest BCUT2D eigenvalue weighted by Gasteiger charge is 2.52. The highest BCUT2D eigenvalue weighted by molar-refractivity contribution is 5.75. The minimum Gasteiger partial charge on any atom is -0.200 e. The average Bonchev–Trinajstić information content (AvgIpc) is 3.74. The summed E-state index contributed by atoms with van der Waals surface area (Å²) in [6, 6.07) is 37.2. The molecule has 0 radical (unpaired) electrons. The van der Waals surface area contributed by atoms with E-state index in [-0.39, 0.29) is 10.8 Å². The molecule has 2 fully saturated rings. The predicted molar refractivity (Wildman–Crippen MR) is 178 cm³/mol. The summed E-state index contributed by atoms with van der Waals surface area (Å²) in [5, 5.41) is 0. The Kier molecular flexibility index (Phi) is 6.23. The summed E-state index contributed by atoms with van der Waals surface area (Å²) in [7, 11) is 2.21. The lowest BCUT2D eigenvalue weighted by atomic mass is 9.56. The molecule has 0 bridgehead atoms. The summed E-state index contributed by atoms with van der Waals surface area (Å²) in [5.41, 5.74) is 17.4. The fourth-order valence-electron chi connectivity index (χ4n) is 9.25. The molecule has 2 saturated carbocycles. The molecule has 0 saturated heterocycles. The third-order valence-electron chi connectivity index (χ3n) is 11.3. The highest BCUT2D eigenvalue weighted by Crippen LogP contribution is 2.61. The standard InChI is InChI=1S/C42H42N/c1-29-25-32(31-13-5-4-6-14-31)17-19-34(29)40-26-30(2)35(28-43(40)3)33-18-20-38-39(27-33)42(23-11-12-24-42)37-16-8-7-15-36(37)41(38)21-9-10-22-41/h4-8,13-20,25-28H,9-12,21-24H2,1-3H3/q+1. The maximum atomic E-state index is 2.62. The van der Waals surface area contributed by atoms with Crippen molar-refractivity contribution in [3.05, 3.63) is 137 Å². The van der Waals surface area contributed by atoms with Crippen LogP contribution in [0.1, 0.15) is 84.7 Å². The number of pyridine rings is 1. The Morgan fingerprint density at radius 2 is 1.05 bits per heavy atom. The molecule has 214 valence electrons. The van der Waals surface area contributed by atoms with Crippen molar-refractivity contribution in [1.29, 1.82) is 0 Å². The Labute approximate surface area is 257 Å². The van der Waals surface area contributed by atoms with E-state index < -0.39 is 0 Å². The molecule has 1 heterocycles. The van der Waals surface area contributed by atoms with Gasteiger partial charge in [-0.05, 0) is 102 Å². The summed E-state index contributed by atoms with van der Waals surface area (Å²) < 4.78 is 2.34. The van der Waals surface area contributed by atoms with Crippen molar-refractivity contribution in [2.24, 2.45) is 7.05 Å². The number of benzene rings is 4. The van der Waals surface area contributed by atoms with Gasteiger partial charge in [0.2, 0.25) is 5.69 Å². The Hall–Kier alpha value is -3.97. The average molecular weight is 561 g/mol. The molecule has 0 unspecified atom stereocenters. The molecule has 1 heteroatoms. The first-order valence-corrected chi connectivity index (χ1v) is 16.4. The monoisotopic (exact) mass is 560 g/mol. The fraction of sp³-hybridized carbons (Fsp3) is 0.310. The van der Waals surface area contributed by atoms with Crippen molar-refractivity contribution >= 4 is 0 Å². The third-order valence-corrected chi connectivity index (χ3v) is 11.3. The van der Waals surface area contributed by atoms with Crippen molar-refractivity contribution in [1.82, 2.24) is 0 Å². The van der Waals surface area contributed by atoms with Gasteiger partial charge < -0.3 is 0 Å². The summed E-state index contributed by atoms with van der Waals surface area (Å²) in [6.07, 6.45) is 12.8. The van der Waals surface area contributed by atoms with Gasteiger partial charge in [0, 0.05) is 28.0 Å². The largest absolute Gasteiger partial charge is 0.212 e. The van der Waals surface area contributed by atoms with Crippen LogP contribution in [-0.2, 0) is 17.9 Å². The Balaban J connectivity index is 1.23. The van der Waals surface area contributed by atoms with Crippen LogP contribution in [0.15, 0.2) is 103 Å². The molecule has 8 rings (SSSR count). The number of hydrogen-bond donors (Lipinski definition) is 0. The predicted octanol–water partition coefficient (Wildman–Crippen LogP) is 10.2. The van der Waals surface area contributed by atoms with E-state index in [1.165, 1.54) is 96.0 Å². The molecule has 3 aliphatic rings. The van der Waals surface area contributed by atoms with Crippen molar-refractivity contribution in [2.75, 3.05) is 0 Å². The van der Waals surface area contributed by atoms with Gasteiger partial charge in [-0.1, -0.05) is 105 Å². The van der Waals surface area contributed by atoms with Gasteiger partial charge >= 0.3 is 0 Å². The quantitative estimate of drug-likeness (QED) is 0.193. The minimum absolute atomic E-state index is 0.170.